The smallest absolute Gasteiger partial charge is 0.251 e. The number of hydrogen-bond acceptors (Lipinski definition) is 5. The van der Waals surface area contributed by atoms with Gasteiger partial charge in [0.15, 0.2) is 0 Å². The average molecular weight is 260 g/mol. The topological polar surface area (TPSA) is 58.6 Å². The Morgan fingerprint density at radius 3 is 2.53 bits per heavy atom. The van der Waals surface area contributed by atoms with Gasteiger partial charge in [-0.3, -0.25) is 14.4 Å². The van der Waals surface area contributed by atoms with Crippen LogP contribution in [-0.4, -0.2) is 20.2 Å². The second-order valence-corrected chi connectivity index (χ2v) is 4.18. The normalized spacial score (nSPS) is 10.8. The van der Waals surface area contributed by atoms with Crippen LogP contribution < -0.4 is 21.2 Å². The molecule has 0 amide bonds. The summed E-state index contributed by atoms with van der Waals surface area (Å²) in [6, 6.07) is 11.0. The number of rotatable bonds is 7. The molecule has 100 valence electrons. The van der Waals surface area contributed by atoms with Crippen molar-refractivity contribution in [2.45, 2.75) is 6.54 Å². The van der Waals surface area contributed by atoms with Gasteiger partial charge in [-0.2, -0.15) is 0 Å². The van der Waals surface area contributed by atoms with Crippen molar-refractivity contribution in [3.8, 4) is 0 Å². The number of likely N-dealkylation sites (N-methyl/N-ethyl adjacent to an activating group) is 1. The van der Waals surface area contributed by atoms with Crippen LogP contribution in [0.3, 0.4) is 0 Å². The van der Waals surface area contributed by atoms with Gasteiger partial charge >= 0.3 is 0 Å². The molecular formula is C14H16N2O3. The van der Waals surface area contributed by atoms with E-state index in [-0.39, 0.29) is 0 Å². The summed E-state index contributed by atoms with van der Waals surface area (Å²) < 4.78 is 0. The third kappa shape index (κ3) is 3.27. The largest absolute Gasteiger partial charge is 0.317 e. The third-order valence-corrected chi connectivity index (χ3v) is 2.76. The summed E-state index contributed by atoms with van der Waals surface area (Å²) in [5.74, 6) is 0. The molecular weight excluding hydrogens is 244 g/mol. The molecule has 0 unspecified atom stereocenters. The van der Waals surface area contributed by atoms with Crippen LogP contribution in [-0.2, 0) is 11.4 Å². The van der Waals surface area contributed by atoms with Crippen LogP contribution >= 0.6 is 0 Å². The van der Waals surface area contributed by atoms with Gasteiger partial charge in [0.25, 0.3) is 5.43 Å². The molecule has 5 heteroatoms. The van der Waals surface area contributed by atoms with Crippen molar-refractivity contribution in [1.29, 1.82) is 0 Å². The molecule has 0 heterocycles. The fraction of sp³-hybridized carbons (Fsp3) is 0.286. The number of nitrogens with zero attached hydrogens (tertiary/aromatic N) is 1. The van der Waals surface area contributed by atoms with Crippen LogP contribution in [0.2, 0.25) is 0 Å². The van der Waals surface area contributed by atoms with Crippen molar-refractivity contribution >= 4 is 5.69 Å². The number of nitrogens with one attached hydrogen (secondary N) is 1. The lowest BCUT2D eigenvalue weighted by molar-refractivity contribution is 0.106. The molecule has 19 heavy (non-hydrogen) atoms. The molecule has 0 atom stereocenters. The SMILES string of the molecule is CNCCON(Cc1ccccc1)c1cc(=O)c1=O. The maximum atomic E-state index is 11.5. The molecule has 0 aliphatic heterocycles. The molecule has 0 radical (unpaired) electrons. The molecule has 2 aromatic carbocycles. The Morgan fingerprint density at radius 2 is 1.95 bits per heavy atom. The lowest BCUT2D eigenvalue weighted by atomic mass is 10.2. The van der Waals surface area contributed by atoms with E-state index in [9.17, 15) is 9.59 Å². The van der Waals surface area contributed by atoms with Gasteiger partial charge < -0.3 is 5.32 Å². The zero-order valence-electron chi connectivity index (χ0n) is 10.8. The zero-order valence-corrected chi connectivity index (χ0v) is 10.8. The lowest BCUT2D eigenvalue weighted by Crippen LogP contribution is -2.40. The maximum absolute atomic E-state index is 11.5. The third-order valence-electron chi connectivity index (χ3n) is 2.76. The van der Waals surface area contributed by atoms with Crippen LogP contribution in [0.15, 0.2) is 46.0 Å². The first-order chi connectivity index (χ1) is 9.22. The van der Waals surface area contributed by atoms with Crippen molar-refractivity contribution in [1.82, 2.24) is 5.32 Å². The van der Waals surface area contributed by atoms with E-state index < -0.39 is 10.9 Å². The van der Waals surface area contributed by atoms with Crippen LogP contribution in [0.4, 0.5) is 5.69 Å². The van der Waals surface area contributed by atoms with Crippen molar-refractivity contribution in [2.75, 3.05) is 25.3 Å². The van der Waals surface area contributed by atoms with E-state index in [2.05, 4.69) is 5.32 Å². The van der Waals surface area contributed by atoms with Crippen molar-refractivity contribution in [3.05, 3.63) is 62.4 Å². The van der Waals surface area contributed by atoms with Gasteiger partial charge in [0.2, 0.25) is 5.43 Å². The van der Waals surface area contributed by atoms with Gasteiger partial charge in [-0.25, -0.2) is 5.06 Å². The molecule has 0 saturated carbocycles. The summed E-state index contributed by atoms with van der Waals surface area (Å²) in [6.45, 7) is 1.54. The van der Waals surface area contributed by atoms with E-state index in [0.29, 0.717) is 25.4 Å². The Kier molecular flexibility index (Phi) is 4.43. The highest BCUT2D eigenvalue weighted by Gasteiger charge is 2.18. The van der Waals surface area contributed by atoms with Crippen molar-refractivity contribution < 1.29 is 4.84 Å². The Labute approximate surface area is 111 Å². The Bertz CT molecular complexity index is 588. The number of benzene rings is 1. The fourth-order valence-electron chi connectivity index (χ4n) is 1.70. The van der Waals surface area contributed by atoms with E-state index in [0.717, 1.165) is 5.56 Å². The zero-order chi connectivity index (χ0) is 13.7. The molecule has 0 bridgehead atoms. The molecule has 1 N–H and O–H groups in total. The quantitative estimate of drug-likeness (QED) is 0.445. The molecule has 2 rings (SSSR count). The second-order valence-electron chi connectivity index (χ2n) is 4.18. The molecule has 0 aromatic heterocycles. The summed E-state index contributed by atoms with van der Waals surface area (Å²) in [5, 5.41) is 4.44. The van der Waals surface area contributed by atoms with E-state index in [1.807, 2.05) is 37.4 Å². The first-order valence-electron chi connectivity index (χ1n) is 6.11. The Balaban J connectivity index is 2.09. The monoisotopic (exact) mass is 260 g/mol. The van der Waals surface area contributed by atoms with Crippen LogP contribution in [0, 0.1) is 0 Å². The molecule has 2 aromatic rings. The fourth-order valence-corrected chi connectivity index (χ4v) is 1.70. The summed E-state index contributed by atoms with van der Waals surface area (Å²) >= 11 is 0. The predicted molar refractivity (Wildman–Crippen MR) is 73.9 cm³/mol. The van der Waals surface area contributed by atoms with Gasteiger partial charge in [-0.1, -0.05) is 30.3 Å². The Hall–Kier alpha value is -1.98. The van der Waals surface area contributed by atoms with Crippen molar-refractivity contribution in [2.24, 2.45) is 0 Å². The van der Waals surface area contributed by atoms with Gasteiger partial charge in [0, 0.05) is 12.6 Å². The summed E-state index contributed by atoms with van der Waals surface area (Å²) in [4.78, 5) is 28.0. The minimum atomic E-state index is -0.486. The summed E-state index contributed by atoms with van der Waals surface area (Å²) in [6.07, 6.45) is 0. The number of hydrogen-bond donors (Lipinski definition) is 1. The van der Waals surface area contributed by atoms with E-state index in [4.69, 9.17) is 4.84 Å². The molecule has 0 spiro atoms. The molecule has 0 saturated heterocycles. The summed E-state index contributed by atoms with van der Waals surface area (Å²) in [5.41, 5.74) is 0.385. The van der Waals surface area contributed by atoms with Gasteiger partial charge in [-0.05, 0) is 12.6 Å². The van der Waals surface area contributed by atoms with E-state index in [1.165, 1.54) is 11.1 Å². The summed E-state index contributed by atoms with van der Waals surface area (Å²) in [7, 11) is 1.82. The van der Waals surface area contributed by atoms with Crippen LogP contribution in [0.5, 0.6) is 0 Å². The minimum absolute atomic E-state index is 0.324. The Morgan fingerprint density at radius 1 is 1.21 bits per heavy atom. The molecule has 0 aliphatic carbocycles. The average Bonchev–Trinajstić information content (AvgIpc) is 2.45. The molecule has 0 fully saturated rings. The van der Waals surface area contributed by atoms with Crippen LogP contribution in [0.1, 0.15) is 5.56 Å². The number of hydroxylamine groups is 1. The highest BCUT2D eigenvalue weighted by Crippen LogP contribution is 2.12. The van der Waals surface area contributed by atoms with Gasteiger partial charge in [0.1, 0.15) is 5.69 Å². The first-order valence-corrected chi connectivity index (χ1v) is 6.11. The highest BCUT2D eigenvalue weighted by atomic mass is 16.7. The van der Waals surface area contributed by atoms with Gasteiger partial charge in [-0.15, -0.1) is 0 Å². The van der Waals surface area contributed by atoms with E-state index >= 15 is 0 Å². The maximum Gasteiger partial charge on any atom is 0.251 e. The number of anilines is 1. The first kappa shape index (κ1) is 13.5. The second kappa shape index (κ2) is 6.26. The lowest BCUT2D eigenvalue weighted by Gasteiger charge is -2.24. The molecule has 0 aliphatic rings. The highest BCUT2D eigenvalue weighted by molar-refractivity contribution is 5.48. The van der Waals surface area contributed by atoms with E-state index in [1.54, 1.807) is 0 Å². The molecule has 5 nitrogen and oxygen atoms in total. The van der Waals surface area contributed by atoms with Crippen molar-refractivity contribution in [3.63, 3.8) is 0 Å². The van der Waals surface area contributed by atoms with Crippen LogP contribution in [0.25, 0.3) is 0 Å². The predicted octanol–water partition coefficient (Wildman–Crippen LogP) is 0.440. The van der Waals surface area contributed by atoms with Gasteiger partial charge in [0.05, 0.1) is 13.2 Å². The minimum Gasteiger partial charge on any atom is -0.317 e. The standard InChI is InChI=1S/C14H16N2O3/c1-15-7-8-19-16(12-9-13(17)14(12)18)10-11-5-3-2-4-6-11/h2-6,9,15H,7-8,10H2,1H3.